The number of carbonyl (C=O) groups is 1. The van der Waals surface area contributed by atoms with Gasteiger partial charge in [-0.2, -0.15) is 4.98 Å². The second kappa shape index (κ2) is 5.79. The van der Waals surface area contributed by atoms with Crippen LogP contribution in [0.4, 0.5) is 4.79 Å². The molecular weight excluding hydrogens is 300 g/mol. The Hall–Kier alpha value is -2.77. The Balaban J connectivity index is 1.63. The summed E-state index contributed by atoms with van der Waals surface area (Å²) in [5, 5.41) is 9.37. The van der Waals surface area contributed by atoms with Crippen molar-refractivity contribution in [3.63, 3.8) is 0 Å². The van der Waals surface area contributed by atoms with Gasteiger partial charge in [-0.05, 0) is 39.0 Å². The number of fused-ring (bicyclic) bond motifs is 1. The maximum absolute atomic E-state index is 11.7. The van der Waals surface area contributed by atoms with Gasteiger partial charge in [0.25, 0.3) is 0 Å². The van der Waals surface area contributed by atoms with Crippen molar-refractivity contribution in [1.29, 1.82) is 0 Å². The number of aromatic nitrogens is 2. The first-order valence-corrected chi connectivity index (χ1v) is 7.19. The lowest BCUT2D eigenvalue weighted by Crippen LogP contribution is -2.46. The van der Waals surface area contributed by atoms with Gasteiger partial charge in [-0.15, -0.1) is 0 Å². The monoisotopic (exact) mass is 318 g/mol. The van der Waals surface area contributed by atoms with E-state index in [1.54, 1.807) is 12.1 Å². The van der Waals surface area contributed by atoms with E-state index < -0.39 is 0 Å². The number of nitrogens with one attached hydrogen (secondary N) is 2. The summed E-state index contributed by atoms with van der Waals surface area (Å²) in [4.78, 5) is 16.0. The number of ether oxygens (including phenoxy) is 2. The van der Waals surface area contributed by atoms with Crippen LogP contribution in [0.2, 0.25) is 0 Å². The molecule has 1 aliphatic rings. The molecular formula is C15H18N4O4. The van der Waals surface area contributed by atoms with Crippen molar-refractivity contribution < 1.29 is 18.8 Å². The first-order valence-electron chi connectivity index (χ1n) is 7.19. The lowest BCUT2D eigenvalue weighted by Gasteiger charge is -2.20. The normalized spacial score (nSPS) is 13.0. The topological polar surface area (TPSA) is 98.5 Å². The lowest BCUT2D eigenvalue weighted by molar-refractivity contribution is 0.174. The fourth-order valence-electron chi connectivity index (χ4n) is 2.02. The molecule has 0 fully saturated rings. The summed E-state index contributed by atoms with van der Waals surface area (Å²) < 4.78 is 15.7. The number of nitrogens with zero attached hydrogens (tertiary/aromatic N) is 2. The Morgan fingerprint density at radius 2 is 2.04 bits per heavy atom. The van der Waals surface area contributed by atoms with Crippen molar-refractivity contribution in [2.24, 2.45) is 0 Å². The molecule has 122 valence electrons. The molecule has 0 bridgehead atoms. The zero-order valence-electron chi connectivity index (χ0n) is 13.2. The van der Waals surface area contributed by atoms with Crippen molar-refractivity contribution in [3.05, 3.63) is 24.1 Å². The van der Waals surface area contributed by atoms with Crippen LogP contribution in [-0.2, 0) is 6.54 Å². The van der Waals surface area contributed by atoms with Gasteiger partial charge in [0.2, 0.25) is 18.5 Å². The van der Waals surface area contributed by atoms with E-state index in [4.69, 9.17) is 14.0 Å². The minimum Gasteiger partial charge on any atom is -0.454 e. The van der Waals surface area contributed by atoms with Crippen LogP contribution < -0.4 is 20.1 Å². The average molecular weight is 318 g/mol. The summed E-state index contributed by atoms with van der Waals surface area (Å²) >= 11 is 0. The van der Waals surface area contributed by atoms with Crippen LogP contribution in [0.5, 0.6) is 11.5 Å². The van der Waals surface area contributed by atoms with Gasteiger partial charge in [0.15, 0.2) is 11.5 Å². The molecule has 0 saturated heterocycles. The second-order valence-electron chi connectivity index (χ2n) is 6.14. The molecule has 0 unspecified atom stereocenters. The molecule has 2 amide bonds. The molecule has 2 aromatic rings. The quantitative estimate of drug-likeness (QED) is 0.899. The molecule has 23 heavy (non-hydrogen) atoms. The number of benzene rings is 1. The summed E-state index contributed by atoms with van der Waals surface area (Å²) in [6, 6.07) is 5.11. The van der Waals surface area contributed by atoms with E-state index in [-0.39, 0.29) is 24.9 Å². The van der Waals surface area contributed by atoms with Crippen LogP contribution in [-0.4, -0.2) is 28.5 Å². The standard InChI is InChI=1S/C15H18N4O4/c1-15(2,3)18-14(20)16-7-12-17-13(19-23-12)9-4-5-10-11(6-9)22-8-21-10/h4-6H,7-8H2,1-3H3,(H2,16,18,20). The fraction of sp³-hybridized carbons (Fsp3) is 0.400. The number of hydrogen-bond donors (Lipinski definition) is 2. The average Bonchev–Trinajstić information content (AvgIpc) is 3.11. The van der Waals surface area contributed by atoms with E-state index in [1.165, 1.54) is 0 Å². The summed E-state index contributed by atoms with van der Waals surface area (Å²) in [5.74, 6) is 2.09. The molecule has 1 aromatic heterocycles. The smallest absolute Gasteiger partial charge is 0.315 e. The van der Waals surface area contributed by atoms with Crippen molar-refractivity contribution >= 4 is 6.03 Å². The third-order valence-electron chi connectivity index (χ3n) is 2.99. The Bertz CT molecular complexity index is 721. The minimum absolute atomic E-state index is 0.152. The predicted molar refractivity (Wildman–Crippen MR) is 81.0 cm³/mol. The maximum Gasteiger partial charge on any atom is 0.315 e. The molecule has 0 aliphatic carbocycles. The van der Waals surface area contributed by atoms with Crippen LogP contribution in [0.25, 0.3) is 11.4 Å². The fourth-order valence-corrected chi connectivity index (χ4v) is 2.02. The first kappa shape index (κ1) is 15.1. The molecule has 0 spiro atoms. The molecule has 0 atom stereocenters. The van der Waals surface area contributed by atoms with E-state index in [0.717, 1.165) is 5.56 Å². The van der Waals surface area contributed by atoms with Gasteiger partial charge in [0.05, 0.1) is 6.54 Å². The van der Waals surface area contributed by atoms with E-state index in [9.17, 15) is 4.79 Å². The highest BCUT2D eigenvalue weighted by Crippen LogP contribution is 2.35. The zero-order chi connectivity index (χ0) is 16.4. The largest absolute Gasteiger partial charge is 0.454 e. The number of carbonyl (C=O) groups excluding carboxylic acids is 1. The molecule has 0 saturated carbocycles. The number of urea groups is 1. The summed E-state index contributed by atoms with van der Waals surface area (Å²) in [5.41, 5.74) is 0.444. The molecule has 8 heteroatoms. The Morgan fingerprint density at radius 3 is 2.83 bits per heavy atom. The van der Waals surface area contributed by atoms with E-state index in [2.05, 4.69) is 20.8 Å². The third-order valence-corrected chi connectivity index (χ3v) is 2.99. The zero-order valence-corrected chi connectivity index (χ0v) is 13.2. The highest BCUT2D eigenvalue weighted by atomic mass is 16.7. The van der Waals surface area contributed by atoms with Gasteiger partial charge in [0.1, 0.15) is 0 Å². The lowest BCUT2D eigenvalue weighted by atomic mass is 10.1. The van der Waals surface area contributed by atoms with Crippen molar-refractivity contribution in [2.45, 2.75) is 32.9 Å². The highest BCUT2D eigenvalue weighted by molar-refractivity contribution is 5.74. The molecule has 1 aromatic carbocycles. The molecule has 8 nitrogen and oxygen atoms in total. The van der Waals surface area contributed by atoms with Crippen molar-refractivity contribution in [3.8, 4) is 22.9 Å². The van der Waals surface area contributed by atoms with E-state index in [0.29, 0.717) is 23.2 Å². The highest BCUT2D eigenvalue weighted by Gasteiger charge is 2.17. The van der Waals surface area contributed by atoms with Gasteiger partial charge in [0, 0.05) is 11.1 Å². The van der Waals surface area contributed by atoms with Gasteiger partial charge in [-0.1, -0.05) is 5.16 Å². The SMILES string of the molecule is CC(C)(C)NC(=O)NCc1nc(-c2ccc3c(c2)OCO3)no1. The van der Waals surface area contributed by atoms with Crippen molar-refractivity contribution in [2.75, 3.05) is 6.79 Å². The van der Waals surface area contributed by atoms with Crippen molar-refractivity contribution in [1.82, 2.24) is 20.8 Å². The van der Waals surface area contributed by atoms with Crippen LogP contribution in [0.3, 0.4) is 0 Å². The summed E-state index contributed by atoms with van der Waals surface area (Å²) in [6.07, 6.45) is 0. The molecule has 3 rings (SSSR count). The van der Waals surface area contributed by atoms with Gasteiger partial charge in [-0.3, -0.25) is 0 Å². The molecule has 0 radical (unpaired) electrons. The first-order chi connectivity index (χ1) is 10.9. The van der Waals surface area contributed by atoms with Crippen LogP contribution >= 0.6 is 0 Å². The Morgan fingerprint density at radius 1 is 1.26 bits per heavy atom. The number of hydrogen-bond acceptors (Lipinski definition) is 6. The van der Waals surface area contributed by atoms with Crippen LogP contribution in [0.15, 0.2) is 22.7 Å². The van der Waals surface area contributed by atoms with Gasteiger partial charge >= 0.3 is 6.03 Å². The Labute approximate surface area is 133 Å². The molecule has 2 heterocycles. The number of amides is 2. The van der Waals surface area contributed by atoms with E-state index >= 15 is 0 Å². The number of rotatable bonds is 3. The predicted octanol–water partition coefficient (Wildman–Crippen LogP) is 2.06. The molecule has 2 N–H and O–H groups in total. The van der Waals surface area contributed by atoms with Crippen LogP contribution in [0.1, 0.15) is 26.7 Å². The van der Waals surface area contributed by atoms with Gasteiger partial charge < -0.3 is 24.6 Å². The van der Waals surface area contributed by atoms with E-state index in [1.807, 2.05) is 26.8 Å². The van der Waals surface area contributed by atoms with Gasteiger partial charge in [-0.25, -0.2) is 4.79 Å². The minimum atomic E-state index is -0.309. The second-order valence-corrected chi connectivity index (χ2v) is 6.14. The van der Waals surface area contributed by atoms with Crippen LogP contribution in [0, 0.1) is 0 Å². The summed E-state index contributed by atoms with van der Waals surface area (Å²) in [7, 11) is 0. The maximum atomic E-state index is 11.7. The summed E-state index contributed by atoms with van der Waals surface area (Å²) in [6.45, 7) is 6.06. The Kier molecular flexibility index (Phi) is 3.81. The third kappa shape index (κ3) is 3.71. The molecule has 1 aliphatic heterocycles.